The van der Waals surface area contributed by atoms with Crippen molar-refractivity contribution in [1.82, 2.24) is 0 Å². The van der Waals surface area contributed by atoms with E-state index in [1.807, 2.05) is 30.3 Å². The molecule has 5 heteroatoms. The van der Waals surface area contributed by atoms with Gasteiger partial charge in [-0.3, -0.25) is 0 Å². The van der Waals surface area contributed by atoms with Gasteiger partial charge < -0.3 is 24.8 Å². The third kappa shape index (κ3) is 2.83. The maximum Gasteiger partial charge on any atom is 0.187 e. The highest BCUT2D eigenvalue weighted by molar-refractivity contribution is 5.13. The van der Waals surface area contributed by atoms with Crippen LogP contribution >= 0.6 is 0 Å². The van der Waals surface area contributed by atoms with E-state index >= 15 is 0 Å². The number of hydrogen-bond acceptors (Lipinski definition) is 5. The predicted molar refractivity (Wildman–Crippen MR) is 59.0 cm³/mol. The van der Waals surface area contributed by atoms with E-state index < -0.39 is 24.6 Å². The van der Waals surface area contributed by atoms with Gasteiger partial charge in [0.05, 0.1) is 13.2 Å². The van der Waals surface area contributed by atoms with Crippen molar-refractivity contribution in [2.75, 3.05) is 6.61 Å². The summed E-state index contributed by atoms with van der Waals surface area (Å²) in [6.07, 6.45) is -3.93. The molecular formula is C12H16O5. The van der Waals surface area contributed by atoms with Gasteiger partial charge in [-0.2, -0.15) is 0 Å². The summed E-state index contributed by atoms with van der Waals surface area (Å²) in [5, 5.41) is 28.0. The number of aliphatic hydroxyl groups excluding tert-OH is 3. The van der Waals surface area contributed by atoms with Crippen LogP contribution in [0.4, 0.5) is 0 Å². The molecule has 1 aliphatic rings. The van der Waals surface area contributed by atoms with Crippen molar-refractivity contribution in [2.45, 2.75) is 31.2 Å². The maximum absolute atomic E-state index is 9.63. The fourth-order valence-electron chi connectivity index (χ4n) is 1.76. The van der Waals surface area contributed by atoms with Gasteiger partial charge in [0, 0.05) is 0 Å². The highest BCUT2D eigenvalue weighted by atomic mass is 16.7. The molecule has 1 heterocycles. The second-order valence-corrected chi connectivity index (χ2v) is 4.00. The molecule has 1 fully saturated rings. The zero-order valence-corrected chi connectivity index (χ0v) is 9.27. The lowest BCUT2D eigenvalue weighted by Crippen LogP contribution is -2.34. The van der Waals surface area contributed by atoms with Crippen LogP contribution in [0.1, 0.15) is 5.56 Å². The van der Waals surface area contributed by atoms with Crippen molar-refractivity contribution in [3.63, 3.8) is 0 Å². The third-order valence-electron chi connectivity index (χ3n) is 2.76. The molecule has 0 unspecified atom stereocenters. The molecule has 17 heavy (non-hydrogen) atoms. The molecule has 0 radical (unpaired) electrons. The summed E-state index contributed by atoms with van der Waals surface area (Å²) in [5.41, 5.74) is 0.949. The molecule has 94 valence electrons. The fourth-order valence-corrected chi connectivity index (χ4v) is 1.76. The quantitative estimate of drug-likeness (QED) is 0.670. The summed E-state index contributed by atoms with van der Waals surface area (Å²) in [5.74, 6) is 0. The molecule has 2 rings (SSSR count). The van der Waals surface area contributed by atoms with Crippen molar-refractivity contribution < 1.29 is 24.8 Å². The average molecular weight is 240 g/mol. The first kappa shape index (κ1) is 12.5. The van der Waals surface area contributed by atoms with Gasteiger partial charge in [-0.1, -0.05) is 30.3 Å². The molecule has 1 aliphatic heterocycles. The Kier molecular flexibility index (Phi) is 4.09. The Morgan fingerprint density at radius 2 is 1.82 bits per heavy atom. The summed E-state index contributed by atoms with van der Waals surface area (Å²) < 4.78 is 10.5. The molecule has 0 aromatic heterocycles. The molecular weight excluding hydrogens is 224 g/mol. The van der Waals surface area contributed by atoms with Crippen LogP contribution in [0.3, 0.4) is 0 Å². The normalized spacial score (nSPS) is 32.9. The Bertz CT molecular complexity index is 342. The summed E-state index contributed by atoms with van der Waals surface area (Å²) >= 11 is 0. The summed E-state index contributed by atoms with van der Waals surface area (Å²) in [6, 6.07) is 9.45. The van der Waals surface area contributed by atoms with Gasteiger partial charge in [-0.15, -0.1) is 0 Å². The number of benzene rings is 1. The van der Waals surface area contributed by atoms with Gasteiger partial charge >= 0.3 is 0 Å². The van der Waals surface area contributed by atoms with E-state index in [2.05, 4.69) is 0 Å². The van der Waals surface area contributed by atoms with Gasteiger partial charge in [0.25, 0.3) is 0 Å². The van der Waals surface area contributed by atoms with E-state index in [1.54, 1.807) is 0 Å². The van der Waals surface area contributed by atoms with Crippen molar-refractivity contribution >= 4 is 0 Å². The smallest absolute Gasteiger partial charge is 0.187 e. The van der Waals surface area contributed by atoms with Gasteiger partial charge in [0.1, 0.15) is 18.3 Å². The van der Waals surface area contributed by atoms with E-state index in [0.717, 1.165) is 5.56 Å². The molecule has 0 spiro atoms. The highest BCUT2D eigenvalue weighted by Crippen LogP contribution is 2.22. The standard InChI is InChI=1S/C12H16O5/c13-6-9-10(14)11(15)12(17-9)16-7-8-4-2-1-3-5-8/h1-5,9-15H,6-7H2/t9-,10-,11+,12-/m1/s1. The van der Waals surface area contributed by atoms with E-state index in [-0.39, 0.29) is 13.2 Å². The Hall–Kier alpha value is -0.980. The highest BCUT2D eigenvalue weighted by Gasteiger charge is 2.42. The molecule has 0 aliphatic carbocycles. The second kappa shape index (κ2) is 5.57. The van der Waals surface area contributed by atoms with E-state index in [9.17, 15) is 10.2 Å². The van der Waals surface area contributed by atoms with Crippen LogP contribution in [-0.2, 0) is 16.1 Å². The lowest BCUT2D eigenvalue weighted by Gasteiger charge is -2.15. The molecule has 5 nitrogen and oxygen atoms in total. The first-order valence-electron chi connectivity index (χ1n) is 5.50. The number of hydrogen-bond donors (Lipinski definition) is 3. The lowest BCUT2D eigenvalue weighted by atomic mass is 10.1. The fraction of sp³-hybridized carbons (Fsp3) is 0.500. The molecule has 1 aromatic rings. The van der Waals surface area contributed by atoms with E-state index in [0.29, 0.717) is 0 Å². The largest absolute Gasteiger partial charge is 0.394 e. The SMILES string of the molecule is OC[C@H]1O[C@@H](OCc2ccccc2)[C@@H](O)[C@@H]1O. The minimum atomic E-state index is -1.13. The maximum atomic E-state index is 9.63. The van der Waals surface area contributed by atoms with Crippen molar-refractivity contribution in [3.05, 3.63) is 35.9 Å². The Labute approximate surface area is 99.2 Å². The molecule has 3 N–H and O–H groups in total. The number of ether oxygens (including phenoxy) is 2. The summed E-state index contributed by atoms with van der Waals surface area (Å²) in [6.45, 7) is -0.0587. The van der Waals surface area contributed by atoms with Crippen LogP contribution in [0.5, 0.6) is 0 Å². The molecule has 0 bridgehead atoms. The minimum absolute atomic E-state index is 0.285. The topological polar surface area (TPSA) is 79.2 Å². The molecule has 0 amide bonds. The zero-order chi connectivity index (χ0) is 12.3. The first-order valence-corrected chi connectivity index (χ1v) is 5.50. The lowest BCUT2D eigenvalue weighted by molar-refractivity contribution is -0.175. The van der Waals surface area contributed by atoms with Gasteiger partial charge in [0.15, 0.2) is 6.29 Å². The van der Waals surface area contributed by atoms with Gasteiger partial charge in [-0.25, -0.2) is 0 Å². The van der Waals surface area contributed by atoms with Gasteiger partial charge in [0.2, 0.25) is 0 Å². The zero-order valence-electron chi connectivity index (χ0n) is 9.27. The number of rotatable bonds is 4. The van der Waals surface area contributed by atoms with Crippen LogP contribution in [0.2, 0.25) is 0 Å². The summed E-state index contributed by atoms with van der Waals surface area (Å²) in [7, 11) is 0. The molecule has 0 saturated carbocycles. The van der Waals surface area contributed by atoms with Crippen LogP contribution in [-0.4, -0.2) is 46.5 Å². The second-order valence-electron chi connectivity index (χ2n) is 4.00. The van der Waals surface area contributed by atoms with Crippen molar-refractivity contribution in [2.24, 2.45) is 0 Å². The first-order chi connectivity index (χ1) is 8.22. The monoisotopic (exact) mass is 240 g/mol. The molecule has 1 saturated heterocycles. The number of aliphatic hydroxyl groups is 3. The van der Waals surface area contributed by atoms with Crippen molar-refractivity contribution in [1.29, 1.82) is 0 Å². The van der Waals surface area contributed by atoms with Crippen molar-refractivity contribution in [3.8, 4) is 0 Å². The Morgan fingerprint density at radius 1 is 1.12 bits per heavy atom. The predicted octanol–water partition coefficient (Wildman–Crippen LogP) is -0.358. The minimum Gasteiger partial charge on any atom is -0.394 e. The summed E-state index contributed by atoms with van der Waals surface area (Å²) in [4.78, 5) is 0. The Balaban J connectivity index is 1.88. The Morgan fingerprint density at radius 3 is 2.41 bits per heavy atom. The average Bonchev–Trinajstić information content (AvgIpc) is 2.65. The van der Waals surface area contributed by atoms with E-state index in [4.69, 9.17) is 14.6 Å². The third-order valence-corrected chi connectivity index (χ3v) is 2.76. The van der Waals surface area contributed by atoms with E-state index in [1.165, 1.54) is 0 Å². The van der Waals surface area contributed by atoms with Crippen LogP contribution in [0.25, 0.3) is 0 Å². The molecule has 1 aromatic carbocycles. The van der Waals surface area contributed by atoms with Gasteiger partial charge in [-0.05, 0) is 5.56 Å². The van der Waals surface area contributed by atoms with Crippen LogP contribution in [0.15, 0.2) is 30.3 Å². The molecule has 4 atom stereocenters. The van der Waals surface area contributed by atoms with Crippen LogP contribution in [0, 0.1) is 0 Å². The van der Waals surface area contributed by atoms with Crippen LogP contribution < -0.4 is 0 Å².